The molecule has 0 saturated heterocycles. The Balaban J connectivity index is 0. The van der Waals surface area contributed by atoms with E-state index in [2.05, 4.69) is 0 Å². The zero-order valence-corrected chi connectivity index (χ0v) is 6.75. The van der Waals surface area contributed by atoms with E-state index in [9.17, 15) is 0 Å². The van der Waals surface area contributed by atoms with Crippen molar-refractivity contribution in [3.8, 4) is 0 Å². The van der Waals surface area contributed by atoms with Crippen molar-refractivity contribution in [2.75, 3.05) is 0 Å². The van der Waals surface area contributed by atoms with Gasteiger partial charge in [0.15, 0.2) is 0 Å². The monoisotopic (exact) mass is 238 g/mol. The summed E-state index contributed by atoms with van der Waals surface area (Å²) in [7, 11) is 0. The maximum Gasteiger partial charge on any atom is 0 e. The molecule has 0 unspecified atom stereocenters. The van der Waals surface area contributed by atoms with E-state index in [1.165, 1.54) is 0 Å². The van der Waals surface area contributed by atoms with Crippen molar-refractivity contribution < 1.29 is 49.3 Å². The number of hydrogen-bond donors (Lipinski definition) is 0. The van der Waals surface area contributed by atoms with E-state index in [0.717, 1.165) is 0 Å². The van der Waals surface area contributed by atoms with Crippen molar-refractivity contribution in [1.82, 2.24) is 0 Å². The molecule has 0 bridgehead atoms. The van der Waals surface area contributed by atoms with Crippen LogP contribution in [0.2, 0.25) is 0 Å². The van der Waals surface area contributed by atoms with Crippen LogP contribution in [0.4, 0.5) is 0 Å². The third kappa shape index (κ3) is 594. The van der Waals surface area contributed by atoms with E-state index in [0.29, 0.717) is 0 Å². The molecule has 0 aliphatic rings. The van der Waals surface area contributed by atoms with Crippen LogP contribution in [0.5, 0.6) is 0 Å². The van der Waals surface area contributed by atoms with Gasteiger partial charge in [0.05, 0.1) is 0 Å². The smallest absolute Gasteiger partial charge is 0 e. The molecule has 12 N–H and O–H groups in total. The second-order valence-electron chi connectivity index (χ2n) is 0. The first-order valence-electron chi connectivity index (χ1n) is 0. The molecule has 0 aromatic rings. The first kappa shape index (κ1) is 1100. The molecule has 0 amide bonds. The van der Waals surface area contributed by atoms with Gasteiger partial charge >= 0.3 is 0 Å². The van der Waals surface area contributed by atoms with E-state index in [1.54, 1.807) is 0 Å². The predicted octanol–water partition coefficient (Wildman–Crippen LogP) is -4.11. The van der Waals surface area contributed by atoms with Gasteiger partial charge in [-0.25, -0.2) is 0 Å². The fourth-order valence-corrected chi connectivity index (χ4v) is 0. The Hall–Kier alpha value is 0.834. The molecule has 0 aliphatic carbocycles. The van der Waals surface area contributed by atoms with Crippen LogP contribution in [-0.4, -0.2) is 32.9 Å². The van der Waals surface area contributed by atoms with Crippen LogP contribution in [0.25, 0.3) is 0 Å². The summed E-state index contributed by atoms with van der Waals surface area (Å²) in [5.41, 5.74) is 0. The van der Waals surface area contributed by atoms with E-state index in [4.69, 9.17) is 0 Å². The second kappa shape index (κ2) is 780. The first-order chi connectivity index (χ1) is 0. The number of hydrogen-bond acceptors (Lipinski definition) is 0. The molecule has 9 heavy (non-hydrogen) atoms. The van der Waals surface area contributed by atoms with Crippen LogP contribution < -0.4 is 0 Å². The van der Waals surface area contributed by atoms with Crippen LogP contribution >= 0.6 is 24.8 Å². The summed E-state index contributed by atoms with van der Waals surface area (Å²) in [5.74, 6) is 0. The minimum Gasteiger partial charge on any atom is -0.412 e. The average Bonchev–Trinajstić information content (AvgIpc) is 0. The van der Waals surface area contributed by atoms with Gasteiger partial charge in [0.2, 0.25) is 0 Å². The summed E-state index contributed by atoms with van der Waals surface area (Å²) in [4.78, 5) is 0. The fourth-order valence-electron chi connectivity index (χ4n) is 0. The summed E-state index contributed by atoms with van der Waals surface area (Å²) in [6, 6.07) is 0. The molecule has 0 heterocycles. The summed E-state index contributed by atoms with van der Waals surface area (Å²) >= 11 is 0. The maximum absolute atomic E-state index is 0. The number of halogens is 2. The van der Waals surface area contributed by atoms with Gasteiger partial charge in [0.25, 0.3) is 0 Å². The Labute approximate surface area is 74.6 Å². The summed E-state index contributed by atoms with van der Waals surface area (Å²) < 4.78 is 0. The minimum absolute atomic E-state index is 0. The molecule has 0 radical (unpaired) electrons. The topological polar surface area (TPSA) is 189 Å². The van der Waals surface area contributed by atoms with E-state index in [1.807, 2.05) is 0 Å². The van der Waals surface area contributed by atoms with E-state index in [-0.39, 0.29) is 74.2 Å². The van der Waals surface area contributed by atoms with Gasteiger partial charge in [0.1, 0.15) is 0 Å². The molecular formula is H14Cl2NiO6. The van der Waals surface area contributed by atoms with Gasteiger partial charge in [-0.15, -0.1) is 24.8 Å². The Morgan fingerprint density at radius 3 is 0.333 bits per heavy atom. The van der Waals surface area contributed by atoms with Crippen molar-refractivity contribution >= 4 is 24.8 Å². The fraction of sp³-hybridized carbons (Fsp3) is 0. The molecule has 0 rings (SSSR count). The number of rotatable bonds is 0. The van der Waals surface area contributed by atoms with Crippen molar-refractivity contribution in [2.45, 2.75) is 0 Å². The van der Waals surface area contributed by atoms with Gasteiger partial charge in [-0.2, -0.15) is 0 Å². The molecule has 0 aromatic carbocycles. The standard InChI is InChI=1S/2ClH.Ni.6H2O/h2*1H;;6*1H2. The Bertz CT molecular complexity index is 11.0. The van der Waals surface area contributed by atoms with Crippen LogP contribution in [0.15, 0.2) is 0 Å². The molecule has 0 fully saturated rings. The molecule has 0 aromatic heterocycles. The molecule has 74 valence electrons. The Morgan fingerprint density at radius 2 is 0.333 bits per heavy atom. The van der Waals surface area contributed by atoms with Crippen molar-refractivity contribution in [1.29, 1.82) is 0 Å². The quantitative estimate of drug-likeness (QED) is 0.372. The zero-order valence-electron chi connectivity index (χ0n) is 4.13. The van der Waals surface area contributed by atoms with E-state index < -0.39 is 0 Å². The van der Waals surface area contributed by atoms with Gasteiger partial charge in [-0.3, -0.25) is 0 Å². The first-order valence-corrected chi connectivity index (χ1v) is 0. The third-order valence-electron chi connectivity index (χ3n) is 0. The minimum atomic E-state index is 0. The third-order valence-corrected chi connectivity index (χ3v) is 0. The van der Waals surface area contributed by atoms with Gasteiger partial charge in [-0.05, 0) is 0 Å². The molecule has 0 saturated carbocycles. The molecular weight excluding hydrogens is 226 g/mol. The SMILES string of the molecule is Cl.Cl.O.O.O.O.O.O.[Ni]. The molecule has 0 atom stereocenters. The van der Waals surface area contributed by atoms with Crippen molar-refractivity contribution in [2.24, 2.45) is 0 Å². The van der Waals surface area contributed by atoms with Crippen LogP contribution in [0, 0.1) is 0 Å². The molecule has 0 aliphatic heterocycles. The van der Waals surface area contributed by atoms with Crippen LogP contribution in [0.3, 0.4) is 0 Å². The molecule has 0 spiro atoms. The Kier molecular flexibility index (Phi) is 95800. The predicted molar refractivity (Wildman–Crippen MR) is 36.2 cm³/mol. The Morgan fingerprint density at radius 1 is 0.333 bits per heavy atom. The average molecular weight is 240 g/mol. The molecule has 6 nitrogen and oxygen atoms in total. The van der Waals surface area contributed by atoms with Gasteiger partial charge < -0.3 is 32.9 Å². The van der Waals surface area contributed by atoms with Gasteiger partial charge in [0, 0.05) is 16.5 Å². The maximum atomic E-state index is 0. The second-order valence-corrected chi connectivity index (χ2v) is 0. The summed E-state index contributed by atoms with van der Waals surface area (Å²) in [6.45, 7) is 0. The van der Waals surface area contributed by atoms with E-state index >= 15 is 0 Å². The summed E-state index contributed by atoms with van der Waals surface area (Å²) in [6.07, 6.45) is 0. The summed E-state index contributed by atoms with van der Waals surface area (Å²) in [5, 5.41) is 0. The van der Waals surface area contributed by atoms with Crippen LogP contribution in [-0.2, 0) is 16.5 Å². The van der Waals surface area contributed by atoms with Crippen molar-refractivity contribution in [3.05, 3.63) is 0 Å². The van der Waals surface area contributed by atoms with Gasteiger partial charge in [-0.1, -0.05) is 0 Å². The zero-order chi connectivity index (χ0) is 0. The van der Waals surface area contributed by atoms with Crippen molar-refractivity contribution in [3.63, 3.8) is 0 Å². The largest absolute Gasteiger partial charge is 0.412 e. The van der Waals surface area contributed by atoms with Crippen LogP contribution in [0.1, 0.15) is 0 Å². The normalized spacial score (nSPS) is 0. The molecule has 9 heteroatoms.